The average Bonchev–Trinajstić information content (AvgIpc) is 2.38. The molecule has 2 aromatic rings. The molecule has 0 aliphatic rings. The van der Waals surface area contributed by atoms with E-state index < -0.39 is 11.7 Å². The Bertz CT molecular complexity index is 596. The SMILES string of the molecule is O=C(Nc1cccc(CCl)c1)c1c(F)cccc1Cl. The van der Waals surface area contributed by atoms with Crippen LogP contribution in [0.4, 0.5) is 10.1 Å². The van der Waals surface area contributed by atoms with Crippen molar-refractivity contribution in [1.82, 2.24) is 0 Å². The van der Waals surface area contributed by atoms with Crippen LogP contribution in [0.5, 0.6) is 0 Å². The fourth-order valence-corrected chi connectivity index (χ4v) is 2.06. The van der Waals surface area contributed by atoms with Gasteiger partial charge in [-0.05, 0) is 29.8 Å². The minimum absolute atomic E-state index is 0.0750. The summed E-state index contributed by atoms with van der Waals surface area (Å²) in [5.74, 6) is -0.905. The van der Waals surface area contributed by atoms with Gasteiger partial charge in [-0.2, -0.15) is 0 Å². The van der Waals surface area contributed by atoms with Gasteiger partial charge in [0.1, 0.15) is 5.82 Å². The number of hydrogen-bond donors (Lipinski definition) is 1. The van der Waals surface area contributed by atoms with Crippen molar-refractivity contribution in [3.63, 3.8) is 0 Å². The van der Waals surface area contributed by atoms with E-state index in [0.717, 1.165) is 5.56 Å². The molecule has 0 bridgehead atoms. The molecule has 0 radical (unpaired) electrons. The second kappa shape index (κ2) is 6.04. The van der Waals surface area contributed by atoms with Crippen LogP contribution in [0.3, 0.4) is 0 Å². The second-order valence-corrected chi connectivity index (χ2v) is 4.56. The summed E-state index contributed by atoms with van der Waals surface area (Å²) in [7, 11) is 0. The summed E-state index contributed by atoms with van der Waals surface area (Å²) < 4.78 is 13.6. The lowest BCUT2D eigenvalue weighted by Crippen LogP contribution is -2.14. The van der Waals surface area contributed by atoms with Gasteiger partial charge in [0.2, 0.25) is 0 Å². The standard InChI is InChI=1S/C14H10Cl2FNO/c15-8-9-3-1-4-10(7-9)18-14(19)13-11(16)5-2-6-12(13)17/h1-7H,8H2,(H,18,19). The smallest absolute Gasteiger partial charge is 0.260 e. The quantitative estimate of drug-likeness (QED) is 0.832. The molecule has 0 heterocycles. The monoisotopic (exact) mass is 297 g/mol. The van der Waals surface area contributed by atoms with Crippen molar-refractivity contribution in [2.45, 2.75) is 5.88 Å². The van der Waals surface area contributed by atoms with Crippen LogP contribution in [0.1, 0.15) is 15.9 Å². The normalized spacial score (nSPS) is 10.3. The van der Waals surface area contributed by atoms with Gasteiger partial charge < -0.3 is 5.32 Å². The third kappa shape index (κ3) is 3.25. The maximum Gasteiger partial charge on any atom is 0.260 e. The van der Waals surface area contributed by atoms with Gasteiger partial charge in [0.15, 0.2) is 0 Å². The van der Waals surface area contributed by atoms with Gasteiger partial charge in [-0.1, -0.05) is 29.8 Å². The minimum atomic E-state index is -0.654. The van der Waals surface area contributed by atoms with Crippen LogP contribution in [0.25, 0.3) is 0 Å². The number of alkyl halides is 1. The molecule has 0 atom stereocenters. The molecule has 0 aliphatic carbocycles. The Kier molecular flexibility index (Phi) is 4.40. The summed E-state index contributed by atoms with van der Waals surface area (Å²) in [6.45, 7) is 0. The molecule has 1 amide bonds. The Labute approximate surface area is 120 Å². The predicted molar refractivity (Wildman–Crippen MR) is 75.4 cm³/mol. The lowest BCUT2D eigenvalue weighted by Gasteiger charge is -2.08. The highest BCUT2D eigenvalue weighted by Gasteiger charge is 2.15. The molecule has 0 fully saturated rings. The second-order valence-electron chi connectivity index (χ2n) is 3.88. The molecule has 2 aromatic carbocycles. The molecule has 0 saturated heterocycles. The van der Waals surface area contributed by atoms with Crippen molar-refractivity contribution in [1.29, 1.82) is 0 Å². The van der Waals surface area contributed by atoms with Crippen LogP contribution in [0, 0.1) is 5.82 Å². The number of rotatable bonds is 3. The number of carbonyl (C=O) groups excluding carboxylic acids is 1. The molecule has 5 heteroatoms. The first-order chi connectivity index (χ1) is 9.11. The summed E-state index contributed by atoms with van der Waals surface area (Å²) in [4.78, 5) is 12.0. The molecule has 2 rings (SSSR count). The van der Waals surface area contributed by atoms with E-state index in [1.54, 1.807) is 18.2 Å². The lowest BCUT2D eigenvalue weighted by atomic mass is 10.1. The highest BCUT2D eigenvalue weighted by Crippen LogP contribution is 2.21. The third-order valence-electron chi connectivity index (χ3n) is 2.53. The van der Waals surface area contributed by atoms with E-state index in [1.807, 2.05) is 6.07 Å². The van der Waals surface area contributed by atoms with Crippen molar-refractivity contribution >= 4 is 34.8 Å². The molecule has 0 aromatic heterocycles. The number of hydrogen-bond acceptors (Lipinski definition) is 1. The predicted octanol–water partition coefficient (Wildman–Crippen LogP) is 4.47. The minimum Gasteiger partial charge on any atom is -0.322 e. The number of anilines is 1. The number of carbonyl (C=O) groups is 1. The molecule has 98 valence electrons. The maximum atomic E-state index is 13.6. The van der Waals surface area contributed by atoms with E-state index in [9.17, 15) is 9.18 Å². The van der Waals surface area contributed by atoms with Gasteiger partial charge in [-0.3, -0.25) is 4.79 Å². The van der Waals surface area contributed by atoms with Gasteiger partial charge >= 0.3 is 0 Å². The zero-order valence-electron chi connectivity index (χ0n) is 9.79. The average molecular weight is 298 g/mol. The molecule has 0 unspecified atom stereocenters. The topological polar surface area (TPSA) is 29.1 Å². The van der Waals surface area contributed by atoms with Gasteiger partial charge in [-0.15, -0.1) is 11.6 Å². The molecular weight excluding hydrogens is 288 g/mol. The van der Waals surface area contributed by atoms with E-state index >= 15 is 0 Å². The fraction of sp³-hybridized carbons (Fsp3) is 0.0714. The number of nitrogens with one attached hydrogen (secondary N) is 1. The summed E-state index contributed by atoms with van der Waals surface area (Å²) in [5, 5.41) is 2.67. The Morgan fingerprint density at radius 1 is 1.21 bits per heavy atom. The first-order valence-electron chi connectivity index (χ1n) is 5.52. The van der Waals surface area contributed by atoms with Gasteiger partial charge in [0.05, 0.1) is 10.6 Å². The Morgan fingerprint density at radius 3 is 2.63 bits per heavy atom. The van der Waals surface area contributed by atoms with Crippen LogP contribution in [-0.2, 0) is 5.88 Å². The highest BCUT2D eigenvalue weighted by molar-refractivity contribution is 6.34. The Hall–Kier alpha value is -1.58. The largest absolute Gasteiger partial charge is 0.322 e. The van der Waals surface area contributed by atoms with Gasteiger partial charge in [0, 0.05) is 11.6 Å². The van der Waals surface area contributed by atoms with Crippen molar-refractivity contribution in [3.05, 3.63) is 64.4 Å². The zero-order chi connectivity index (χ0) is 13.8. The molecule has 2 nitrogen and oxygen atoms in total. The summed E-state index contributed by atoms with van der Waals surface area (Å²) in [6, 6.07) is 11.1. The van der Waals surface area contributed by atoms with E-state index in [0.29, 0.717) is 11.6 Å². The summed E-state index contributed by atoms with van der Waals surface area (Å²) in [6.07, 6.45) is 0. The Morgan fingerprint density at radius 2 is 1.95 bits per heavy atom. The van der Waals surface area contributed by atoms with E-state index in [-0.39, 0.29) is 10.6 Å². The van der Waals surface area contributed by atoms with Crippen molar-refractivity contribution in [3.8, 4) is 0 Å². The molecule has 19 heavy (non-hydrogen) atoms. The number of amides is 1. The molecule has 0 saturated carbocycles. The number of halogens is 3. The molecule has 0 spiro atoms. The van der Waals surface area contributed by atoms with Crippen LogP contribution in [0.2, 0.25) is 5.02 Å². The molecule has 1 N–H and O–H groups in total. The van der Waals surface area contributed by atoms with Crippen LogP contribution in [0.15, 0.2) is 42.5 Å². The highest BCUT2D eigenvalue weighted by atomic mass is 35.5. The number of benzene rings is 2. The van der Waals surface area contributed by atoms with Gasteiger partial charge in [0.25, 0.3) is 5.91 Å². The first-order valence-corrected chi connectivity index (χ1v) is 6.43. The lowest BCUT2D eigenvalue weighted by molar-refractivity contribution is 0.102. The van der Waals surface area contributed by atoms with E-state index in [2.05, 4.69) is 5.32 Å². The fourth-order valence-electron chi connectivity index (χ4n) is 1.64. The summed E-state index contributed by atoms with van der Waals surface area (Å²) in [5.41, 5.74) is 1.24. The molecule has 0 aliphatic heterocycles. The van der Waals surface area contributed by atoms with Crippen LogP contribution < -0.4 is 5.32 Å². The first kappa shape index (κ1) is 13.8. The van der Waals surface area contributed by atoms with Crippen LogP contribution in [-0.4, -0.2) is 5.91 Å². The van der Waals surface area contributed by atoms with Crippen LogP contribution >= 0.6 is 23.2 Å². The van der Waals surface area contributed by atoms with Crippen molar-refractivity contribution in [2.75, 3.05) is 5.32 Å². The third-order valence-corrected chi connectivity index (χ3v) is 3.15. The van der Waals surface area contributed by atoms with Gasteiger partial charge in [-0.25, -0.2) is 4.39 Å². The zero-order valence-corrected chi connectivity index (χ0v) is 11.3. The van der Waals surface area contributed by atoms with E-state index in [4.69, 9.17) is 23.2 Å². The Balaban J connectivity index is 2.26. The maximum absolute atomic E-state index is 13.6. The van der Waals surface area contributed by atoms with E-state index in [1.165, 1.54) is 18.2 Å². The summed E-state index contributed by atoms with van der Waals surface area (Å²) >= 11 is 11.5. The van der Waals surface area contributed by atoms with Crippen molar-refractivity contribution < 1.29 is 9.18 Å². The van der Waals surface area contributed by atoms with Crippen molar-refractivity contribution in [2.24, 2.45) is 0 Å². The molecular formula is C14H10Cl2FNO.